The fourth-order valence-electron chi connectivity index (χ4n) is 4.41. The van der Waals surface area contributed by atoms with Crippen LogP contribution in [0, 0.1) is 5.41 Å². The molecule has 0 saturated heterocycles. The number of nitrogens with zero attached hydrogens (tertiary/aromatic N) is 1. The van der Waals surface area contributed by atoms with Gasteiger partial charge in [-0.2, -0.15) is 0 Å². The highest BCUT2D eigenvalue weighted by atomic mass is 35.5. The number of rotatable bonds is 5. The van der Waals surface area contributed by atoms with Crippen LogP contribution in [0.15, 0.2) is 0 Å². The lowest BCUT2D eigenvalue weighted by Gasteiger charge is -2.40. The molecular weight excluding hydrogens is 348 g/mol. The van der Waals surface area contributed by atoms with E-state index in [2.05, 4.69) is 0 Å². The average Bonchev–Trinajstić information content (AvgIpc) is 2.54. The summed E-state index contributed by atoms with van der Waals surface area (Å²) in [6.07, 6.45) is 10.7. The first-order valence-corrected chi connectivity index (χ1v) is 10.9. The molecule has 2 saturated carbocycles. The fourth-order valence-corrected chi connectivity index (χ4v) is 5.89. The summed E-state index contributed by atoms with van der Waals surface area (Å²) in [6, 6.07) is -0.176. The third-order valence-corrected chi connectivity index (χ3v) is 7.63. The molecule has 2 N–H and O–H groups in total. The van der Waals surface area contributed by atoms with E-state index in [9.17, 15) is 13.2 Å². The number of halogens is 1. The van der Waals surface area contributed by atoms with Crippen LogP contribution in [-0.2, 0) is 14.6 Å². The molecular formula is C17H33ClN2O3S. The van der Waals surface area contributed by atoms with E-state index in [-0.39, 0.29) is 29.8 Å². The van der Waals surface area contributed by atoms with Crippen LogP contribution in [0.5, 0.6) is 0 Å². The van der Waals surface area contributed by atoms with Gasteiger partial charge in [0, 0.05) is 25.8 Å². The normalized spacial score (nSPS) is 27.1. The van der Waals surface area contributed by atoms with Crippen molar-refractivity contribution in [2.75, 3.05) is 19.8 Å². The Hall–Kier alpha value is -0.330. The zero-order valence-electron chi connectivity index (χ0n) is 15.0. The van der Waals surface area contributed by atoms with E-state index in [0.717, 1.165) is 44.9 Å². The van der Waals surface area contributed by atoms with Crippen LogP contribution < -0.4 is 5.73 Å². The second kappa shape index (κ2) is 8.86. The Kier molecular flexibility index (Phi) is 8.01. The summed E-state index contributed by atoms with van der Waals surface area (Å²) in [5.74, 6) is 0.0675. The molecule has 2 unspecified atom stereocenters. The molecule has 0 aromatic rings. The van der Waals surface area contributed by atoms with Crippen LogP contribution in [0.3, 0.4) is 0 Å². The van der Waals surface area contributed by atoms with Gasteiger partial charge in [-0.3, -0.25) is 4.79 Å². The summed E-state index contributed by atoms with van der Waals surface area (Å²) >= 11 is 0. The molecule has 0 bridgehead atoms. The largest absolute Gasteiger partial charge is 0.341 e. The van der Waals surface area contributed by atoms with Crippen molar-refractivity contribution < 1.29 is 13.2 Å². The maximum absolute atomic E-state index is 12.8. The third kappa shape index (κ3) is 5.09. The summed E-state index contributed by atoms with van der Waals surface area (Å²) in [5.41, 5.74) is 5.92. The Labute approximate surface area is 153 Å². The van der Waals surface area contributed by atoms with Gasteiger partial charge in [-0.05, 0) is 37.6 Å². The molecule has 0 aromatic heterocycles. The minimum Gasteiger partial charge on any atom is -0.341 e. The molecule has 2 aliphatic rings. The molecule has 24 heavy (non-hydrogen) atoms. The molecule has 142 valence electrons. The lowest BCUT2D eigenvalue weighted by molar-refractivity contribution is -0.135. The van der Waals surface area contributed by atoms with Gasteiger partial charge in [-0.1, -0.05) is 32.1 Å². The molecule has 0 aromatic carbocycles. The van der Waals surface area contributed by atoms with E-state index in [1.165, 1.54) is 12.7 Å². The fraction of sp³-hybridized carbons (Fsp3) is 0.941. The highest BCUT2D eigenvalue weighted by Gasteiger charge is 2.39. The average molecular weight is 381 g/mol. The predicted octanol–water partition coefficient (Wildman–Crippen LogP) is 2.52. The van der Waals surface area contributed by atoms with E-state index in [1.807, 2.05) is 0 Å². The number of nitrogens with two attached hydrogens (primary N) is 1. The van der Waals surface area contributed by atoms with Crippen molar-refractivity contribution in [3.8, 4) is 0 Å². The maximum Gasteiger partial charge on any atom is 0.223 e. The highest BCUT2D eigenvalue weighted by Crippen LogP contribution is 2.39. The molecule has 2 fully saturated rings. The summed E-state index contributed by atoms with van der Waals surface area (Å²) < 4.78 is 24.1. The van der Waals surface area contributed by atoms with Gasteiger partial charge in [0.05, 0.1) is 5.25 Å². The number of hydrogen-bond donors (Lipinski definition) is 1. The van der Waals surface area contributed by atoms with E-state index < -0.39 is 15.1 Å². The predicted molar refractivity (Wildman–Crippen MR) is 100 cm³/mol. The molecule has 0 spiro atoms. The third-order valence-electron chi connectivity index (χ3n) is 5.98. The molecule has 0 aliphatic heterocycles. The Bertz CT molecular complexity index is 518. The first-order chi connectivity index (χ1) is 10.8. The monoisotopic (exact) mass is 380 g/mol. The van der Waals surface area contributed by atoms with Crippen molar-refractivity contribution in [2.45, 2.75) is 75.5 Å². The Morgan fingerprint density at radius 3 is 2.25 bits per heavy atom. The van der Waals surface area contributed by atoms with E-state index >= 15 is 0 Å². The van der Waals surface area contributed by atoms with Crippen LogP contribution in [0.1, 0.15) is 64.2 Å². The second-order valence-corrected chi connectivity index (χ2v) is 9.93. The number of sulfone groups is 1. The lowest BCUT2D eigenvalue weighted by Crippen LogP contribution is -2.50. The van der Waals surface area contributed by atoms with Crippen LogP contribution in [0.25, 0.3) is 0 Å². The maximum atomic E-state index is 12.8. The van der Waals surface area contributed by atoms with Crippen LogP contribution in [-0.4, -0.2) is 50.4 Å². The van der Waals surface area contributed by atoms with Gasteiger partial charge in [0.1, 0.15) is 0 Å². The van der Waals surface area contributed by atoms with Gasteiger partial charge in [-0.15, -0.1) is 12.4 Å². The molecule has 7 heteroatoms. The zero-order valence-corrected chi connectivity index (χ0v) is 16.6. The Morgan fingerprint density at radius 1 is 1.12 bits per heavy atom. The Morgan fingerprint density at radius 2 is 1.71 bits per heavy atom. The summed E-state index contributed by atoms with van der Waals surface area (Å²) in [6.45, 7) is 0.548. The van der Waals surface area contributed by atoms with E-state index in [1.54, 1.807) is 11.9 Å². The van der Waals surface area contributed by atoms with Crippen molar-refractivity contribution in [3.63, 3.8) is 0 Å². The van der Waals surface area contributed by atoms with Gasteiger partial charge in [-0.25, -0.2) is 8.42 Å². The number of amides is 1. The highest BCUT2D eigenvalue weighted by molar-refractivity contribution is 7.91. The number of carbonyl (C=O) groups excluding carboxylic acids is 1. The van der Waals surface area contributed by atoms with Gasteiger partial charge in [0.2, 0.25) is 5.91 Å². The van der Waals surface area contributed by atoms with Crippen LogP contribution in [0.4, 0.5) is 0 Å². The molecule has 2 rings (SSSR count). The minimum absolute atomic E-state index is 0. The van der Waals surface area contributed by atoms with Gasteiger partial charge in [0.15, 0.2) is 9.84 Å². The Balaban J connectivity index is 0.00000288. The van der Waals surface area contributed by atoms with Crippen molar-refractivity contribution in [2.24, 2.45) is 11.1 Å². The van der Waals surface area contributed by atoms with Gasteiger partial charge in [0.25, 0.3) is 0 Å². The zero-order chi connectivity index (χ0) is 17.1. The summed E-state index contributed by atoms with van der Waals surface area (Å²) in [7, 11) is -1.34. The molecule has 0 radical (unpaired) electrons. The molecule has 1 amide bonds. The second-order valence-electron chi connectivity index (χ2n) is 7.67. The van der Waals surface area contributed by atoms with Gasteiger partial charge >= 0.3 is 0 Å². The van der Waals surface area contributed by atoms with E-state index in [0.29, 0.717) is 19.4 Å². The standard InChI is InChI=1S/C17H32N2O3S.ClH/c1-19(14-8-4-5-9-15(14)23(2,21)22)16(20)12-17(13-18)10-6-3-7-11-17;/h14-15H,3-13,18H2,1-2H3;1H. The first kappa shape index (κ1) is 21.7. The number of carbonyl (C=O) groups is 1. The molecule has 2 atom stereocenters. The summed E-state index contributed by atoms with van der Waals surface area (Å²) in [5, 5.41) is -0.412. The summed E-state index contributed by atoms with van der Waals surface area (Å²) in [4.78, 5) is 14.5. The molecule has 5 nitrogen and oxygen atoms in total. The van der Waals surface area contributed by atoms with Crippen molar-refractivity contribution in [3.05, 3.63) is 0 Å². The van der Waals surface area contributed by atoms with Crippen molar-refractivity contribution in [1.82, 2.24) is 4.90 Å². The van der Waals surface area contributed by atoms with Crippen LogP contribution >= 0.6 is 12.4 Å². The first-order valence-electron chi connectivity index (χ1n) is 8.94. The van der Waals surface area contributed by atoms with Crippen LogP contribution in [0.2, 0.25) is 0 Å². The van der Waals surface area contributed by atoms with Crippen molar-refractivity contribution >= 4 is 28.2 Å². The quantitative estimate of drug-likeness (QED) is 0.794. The number of hydrogen-bond acceptors (Lipinski definition) is 4. The SMILES string of the molecule is CN(C(=O)CC1(CN)CCCCC1)C1CCCCC1S(C)(=O)=O.Cl. The van der Waals surface area contributed by atoms with Crippen molar-refractivity contribution in [1.29, 1.82) is 0 Å². The topological polar surface area (TPSA) is 80.5 Å². The smallest absolute Gasteiger partial charge is 0.223 e. The minimum atomic E-state index is -3.13. The lowest BCUT2D eigenvalue weighted by atomic mass is 9.71. The van der Waals surface area contributed by atoms with Gasteiger partial charge < -0.3 is 10.6 Å². The molecule has 2 aliphatic carbocycles. The molecule has 0 heterocycles. The van der Waals surface area contributed by atoms with E-state index in [4.69, 9.17) is 5.73 Å².